The number of rotatable bonds is 9. The third-order valence-electron chi connectivity index (χ3n) is 4.73. The second kappa shape index (κ2) is 9.74. The van der Waals surface area contributed by atoms with Crippen LogP contribution in [0.2, 0.25) is 0 Å². The molecular weight excluding hydrogens is 445 g/mol. The summed E-state index contributed by atoms with van der Waals surface area (Å²) in [6.45, 7) is 5.48. The number of ether oxygens (including phenoxy) is 3. The maximum absolute atomic E-state index is 14.0. The lowest BCUT2D eigenvalue weighted by molar-refractivity contribution is -0.139. The summed E-state index contributed by atoms with van der Waals surface area (Å²) in [6.07, 6.45) is 0.732. The van der Waals surface area contributed by atoms with Crippen LogP contribution >= 0.6 is 0 Å². The second-order valence-corrected chi connectivity index (χ2v) is 7.49. The molecule has 10 heteroatoms. The van der Waals surface area contributed by atoms with Crippen LogP contribution in [0.1, 0.15) is 24.5 Å². The zero-order valence-electron chi connectivity index (χ0n) is 18.8. The highest BCUT2D eigenvalue weighted by atomic mass is 19.1. The van der Waals surface area contributed by atoms with Crippen LogP contribution in [0.4, 0.5) is 4.39 Å². The van der Waals surface area contributed by atoms with Crippen LogP contribution in [-0.2, 0) is 4.79 Å². The number of hydrogen-bond acceptors (Lipinski definition) is 8. The molecule has 1 N–H and O–H groups in total. The lowest BCUT2D eigenvalue weighted by Crippen LogP contribution is -2.10. The molecule has 0 aliphatic heterocycles. The number of hydrogen-bond donors (Lipinski definition) is 1. The summed E-state index contributed by atoms with van der Waals surface area (Å²) >= 11 is 0. The van der Waals surface area contributed by atoms with Gasteiger partial charge < -0.3 is 23.7 Å². The van der Waals surface area contributed by atoms with E-state index in [9.17, 15) is 9.18 Å². The molecule has 0 aliphatic rings. The minimum atomic E-state index is -1.06. The normalized spacial score (nSPS) is 10.9. The predicted octanol–water partition coefficient (Wildman–Crippen LogP) is 5.09. The zero-order chi connectivity index (χ0) is 24.2. The summed E-state index contributed by atoms with van der Waals surface area (Å²) in [6, 6.07) is 9.30. The Bertz CT molecular complexity index is 1330. The van der Waals surface area contributed by atoms with Crippen molar-refractivity contribution >= 4 is 17.2 Å². The Labute approximate surface area is 194 Å². The molecule has 2 aromatic heterocycles. The van der Waals surface area contributed by atoms with Crippen molar-refractivity contribution < 1.29 is 32.9 Å². The largest absolute Gasteiger partial charge is 0.481 e. The number of para-hydroxylation sites is 1. The van der Waals surface area contributed by atoms with Gasteiger partial charge in [-0.2, -0.15) is 9.97 Å². The number of fused-ring (bicyclic) bond motifs is 1. The van der Waals surface area contributed by atoms with E-state index in [1.807, 2.05) is 6.92 Å². The second-order valence-electron chi connectivity index (χ2n) is 7.49. The van der Waals surface area contributed by atoms with Crippen molar-refractivity contribution in [2.75, 3.05) is 13.2 Å². The molecule has 0 spiro atoms. The molecule has 0 fully saturated rings. The van der Waals surface area contributed by atoms with Crippen LogP contribution < -0.4 is 14.2 Å². The molecule has 4 aromatic rings. The Morgan fingerprint density at radius 3 is 2.50 bits per heavy atom. The molecule has 0 saturated heterocycles. The first kappa shape index (κ1) is 23.0. The zero-order valence-corrected chi connectivity index (χ0v) is 18.8. The van der Waals surface area contributed by atoms with Crippen molar-refractivity contribution in [3.63, 3.8) is 0 Å². The first-order valence-corrected chi connectivity index (χ1v) is 10.6. The lowest BCUT2D eigenvalue weighted by Gasteiger charge is -2.11. The van der Waals surface area contributed by atoms with Gasteiger partial charge in [-0.25, -0.2) is 14.2 Å². The SMILES string of the molecule is CCCOc1nc(Oc2ccccc2F)nc2oc(-c3cc(C)c(OCC(=O)O)c(C)c3)nc12. The van der Waals surface area contributed by atoms with Gasteiger partial charge in [-0.1, -0.05) is 19.1 Å². The third kappa shape index (κ3) is 4.90. The predicted molar refractivity (Wildman–Crippen MR) is 120 cm³/mol. The van der Waals surface area contributed by atoms with E-state index in [0.717, 1.165) is 17.5 Å². The summed E-state index contributed by atoms with van der Waals surface area (Å²) in [5.41, 5.74) is 2.48. The highest BCUT2D eigenvalue weighted by molar-refractivity contribution is 5.78. The van der Waals surface area contributed by atoms with Crippen LogP contribution in [-0.4, -0.2) is 39.2 Å². The molecule has 2 aromatic carbocycles. The molecule has 34 heavy (non-hydrogen) atoms. The molecule has 0 aliphatic carbocycles. The summed E-state index contributed by atoms with van der Waals surface area (Å²) in [7, 11) is 0. The van der Waals surface area contributed by atoms with E-state index >= 15 is 0 Å². The van der Waals surface area contributed by atoms with Crippen molar-refractivity contribution in [2.24, 2.45) is 0 Å². The molecule has 176 valence electrons. The Morgan fingerprint density at radius 1 is 1.09 bits per heavy atom. The summed E-state index contributed by atoms with van der Waals surface area (Å²) < 4.78 is 36.5. The molecule has 0 saturated carbocycles. The number of carboxylic acid groups (broad SMARTS) is 1. The lowest BCUT2D eigenvalue weighted by atomic mass is 10.1. The first-order chi connectivity index (χ1) is 16.4. The van der Waals surface area contributed by atoms with Crippen LogP contribution in [0.15, 0.2) is 40.8 Å². The fraction of sp³-hybridized carbons (Fsp3) is 0.250. The van der Waals surface area contributed by atoms with E-state index in [1.54, 1.807) is 38.1 Å². The number of halogens is 1. The van der Waals surface area contributed by atoms with Crippen LogP contribution in [0.3, 0.4) is 0 Å². The van der Waals surface area contributed by atoms with Crippen LogP contribution in [0.25, 0.3) is 22.7 Å². The number of nitrogens with zero attached hydrogens (tertiary/aromatic N) is 3. The number of aliphatic carboxylic acids is 1. The van der Waals surface area contributed by atoms with Gasteiger partial charge in [0.25, 0.3) is 11.6 Å². The highest BCUT2D eigenvalue weighted by Crippen LogP contribution is 2.34. The van der Waals surface area contributed by atoms with E-state index in [2.05, 4.69) is 15.0 Å². The monoisotopic (exact) mass is 467 g/mol. The minimum absolute atomic E-state index is 0.0359. The molecule has 9 nitrogen and oxygen atoms in total. The van der Waals surface area contributed by atoms with E-state index in [0.29, 0.717) is 23.4 Å². The van der Waals surface area contributed by atoms with Crippen LogP contribution in [0.5, 0.6) is 23.4 Å². The van der Waals surface area contributed by atoms with Crippen molar-refractivity contribution in [1.82, 2.24) is 15.0 Å². The van der Waals surface area contributed by atoms with Crippen LogP contribution in [0, 0.1) is 19.7 Å². The van der Waals surface area contributed by atoms with Gasteiger partial charge >= 0.3 is 12.0 Å². The Hall–Kier alpha value is -4.21. The average molecular weight is 467 g/mol. The maximum atomic E-state index is 14.0. The minimum Gasteiger partial charge on any atom is -0.481 e. The molecule has 0 unspecified atom stereocenters. The number of oxazole rings is 1. The maximum Gasteiger partial charge on any atom is 0.341 e. The van der Waals surface area contributed by atoms with E-state index < -0.39 is 18.4 Å². The number of aromatic nitrogens is 3. The average Bonchev–Trinajstić information content (AvgIpc) is 3.22. The summed E-state index contributed by atoms with van der Waals surface area (Å²) in [5.74, 6) is -0.765. The van der Waals surface area contributed by atoms with Crippen molar-refractivity contribution in [3.05, 3.63) is 53.3 Å². The van der Waals surface area contributed by atoms with Gasteiger partial charge in [0.05, 0.1) is 6.61 Å². The molecule has 0 amide bonds. The summed E-state index contributed by atoms with van der Waals surface area (Å²) in [4.78, 5) is 23.8. The van der Waals surface area contributed by atoms with E-state index in [4.69, 9.17) is 23.7 Å². The first-order valence-electron chi connectivity index (χ1n) is 10.6. The molecular formula is C24H22FN3O6. The van der Waals surface area contributed by atoms with Gasteiger partial charge in [-0.15, -0.1) is 0 Å². The molecule has 0 bridgehead atoms. The van der Waals surface area contributed by atoms with E-state index in [1.165, 1.54) is 12.1 Å². The number of aryl methyl sites for hydroxylation is 2. The van der Waals surface area contributed by atoms with Crippen molar-refractivity contribution in [3.8, 4) is 34.8 Å². The quantitative estimate of drug-likeness (QED) is 0.359. The van der Waals surface area contributed by atoms with E-state index in [-0.39, 0.29) is 29.2 Å². The standard InChI is InChI=1S/C24H22FN3O6/c1-4-9-31-22-19-23(28-24(27-22)33-17-8-6-5-7-16(17)25)34-21(26-19)15-10-13(2)20(14(3)11-15)32-12-18(29)30/h5-8,10-11H,4,9,12H2,1-3H3,(H,29,30). The van der Waals surface area contributed by atoms with Gasteiger partial charge in [0.1, 0.15) is 5.75 Å². The highest BCUT2D eigenvalue weighted by Gasteiger charge is 2.20. The third-order valence-corrected chi connectivity index (χ3v) is 4.73. The molecule has 2 heterocycles. The smallest absolute Gasteiger partial charge is 0.341 e. The topological polar surface area (TPSA) is 117 Å². The van der Waals surface area contributed by atoms with Crippen molar-refractivity contribution in [1.29, 1.82) is 0 Å². The van der Waals surface area contributed by atoms with Gasteiger partial charge in [-0.3, -0.25) is 0 Å². The van der Waals surface area contributed by atoms with Gasteiger partial charge in [0.15, 0.2) is 23.7 Å². The summed E-state index contributed by atoms with van der Waals surface area (Å²) in [5, 5.41) is 8.88. The van der Waals surface area contributed by atoms with Gasteiger partial charge in [0.2, 0.25) is 5.89 Å². The number of carbonyl (C=O) groups is 1. The molecule has 0 radical (unpaired) electrons. The van der Waals surface area contributed by atoms with Gasteiger partial charge in [-0.05, 0) is 55.7 Å². The molecule has 0 atom stereocenters. The van der Waals surface area contributed by atoms with Gasteiger partial charge in [0, 0.05) is 5.56 Å². The Kier molecular flexibility index (Phi) is 6.58. The Balaban J connectivity index is 1.73. The molecule has 4 rings (SSSR count). The van der Waals surface area contributed by atoms with Crippen molar-refractivity contribution in [2.45, 2.75) is 27.2 Å². The number of carboxylic acids is 1. The fourth-order valence-electron chi connectivity index (χ4n) is 3.31. The Morgan fingerprint density at radius 2 is 1.82 bits per heavy atom. The fourth-order valence-corrected chi connectivity index (χ4v) is 3.31. The number of benzene rings is 2.